The van der Waals surface area contributed by atoms with E-state index in [0.29, 0.717) is 21.6 Å². The van der Waals surface area contributed by atoms with Crippen LogP contribution in [-0.2, 0) is 10.3 Å². The zero-order valence-corrected chi connectivity index (χ0v) is 19.8. The van der Waals surface area contributed by atoms with Gasteiger partial charge < -0.3 is 10.6 Å². The number of hydrogen-bond donors (Lipinski definition) is 1. The molecule has 2 aromatic heterocycles. The van der Waals surface area contributed by atoms with Crippen LogP contribution in [-0.4, -0.2) is 52.7 Å². The number of fused-ring (bicyclic) bond motifs is 1. The number of pyridine rings is 1. The molecule has 5 rings (SSSR count). The summed E-state index contributed by atoms with van der Waals surface area (Å²) in [5.41, 5.74) is 6.73. The number of aliphatic imine (C=N–C) groups is 1. The molecule has 0 saturated carbocycles. The summed E-state index contributed by atoms with van der Waals surface area (Å²) in [6.45, 7) is 0.232. The van der Waals surface area contributed by atoms with Crippen LogP contribution in [0.25, 0.3) is 11.1 Å². The zero-order chi connectivity index (χ0) is 25.6. The number of likely N-dealkylation sites (tertiary alicyclic amines) is 1. The number of nitrogens with two attached hydrogens (primary N) is 1. The first-order valence-electron chi connectivity index (χ1n) is 10.8. The molecule has 36 heavy (non-hydrogen) atoms. The maximum absolute atomic E-state index is 14.2. The predicted molar refractivity (Wildman–Crippen MR) is 129 cm³/mol. The number of nitrogens with zero attached hydrogens (tertiary/aromatic N) is 6. The first-order valence-corrected chi connectivity index (χ1v) is 11.7. The average molecular weight is 500 g/mol. The maximum Gasteiger partial charge on any atom is 0.255 e. The number of guanidine groups is 1. The standard InChI is InChI=1S/C25H18FN7O2S/c1-32-23(35)19-11-33(22(34)16-4-5-18(9-28)30-10-16)13-25(19,31-24(32)29)21-7-17(12-36-21)14-2-3-15(8-27)20(26)6-14/h2-7,10,12,19H,11,13H2,1H3,(H2,29,31). The van der Waals surface area contributed by atoms with E-state index in [4.69, 9.17) is 21.2 Å². The lowest BCUT2D eigenvalue weighted by Crippen LogP contribution is -2.54. The van der Waals surface area contributed by atoms with E-state index in [1.54, 1.807) is 24.1 Å². The number of nitriles is 2. The molecular formula is C25H18FN7O2S. The molecule has 2 aliphatic rings. The van der Waals surface area contributed by atoms with Gasteiger partial charge >= 0.3 is 0 Å². The Kier molecular flexibility index (Phi) is 5.50. The van der Waals surface area contributed by atoms with Crippen molar-refractivity contribution >= 4 is 29.1 Å². The fourth-order valence-corrected chi connectivity index (χ4v) is 5.70. The Bertz CT molecular complexity index is 1520. The molecule has 2 aliphatic heterocycles. The summed E-state index contributed by atoms with van der Waals surface area (Å²) in [5.74, 6) is -1.84. The van der Waals surface area contributed by atoms with Gasteiger partial charge in [0.2, 0.25) is 5.91 Å². The lowest BCUT2D eigenvalue weighted by molar-refractivity contribution is -0.132. The molecule has 0 spiro atoms. The molecule has 0 bridgehead atoms. The molecule has 4 heterocycles. The topological polar surface area (TPSA) is 139 Å². The second kappa shape index (κ2) is 8.56. The van der Waals surface area contributed by atoms with E-state index in [2.05, 4.69) is 4.98 Å². The normalized spacial score (nSPS) is 20.9. The van der Waals surface area contributed by atoms with Crippen molar-refractivity contribution in [1.29, 1.82) is 10.5 Å². The molecule has 2 unspecified atom stereocenters. The lowest BCUT2D eigenvalue weighted by Gasteiger charge is -2.36. The van der Waals surface area contributed by atoms with Gasteiger partial charge in [0, 0.05) is 24.7 Å². The molecule has 2 atom stereocenters. The van der Waals surface area contributed by atoms with Gasteiger partial charge in [-0.05, 0) is 46.8 Å². The first kappa shape index (κ1) is 23.1. The SMILES string of the molecule is CN1C(=O)C2CN(C(=O)c3ccc(C#N)nc3)CC2(c2cc(-c3ccc(C#N)c(F)c3)cs2)N=C1N. The molecule has 11 heteroatoms. The van der Waals surface area contributed by atoms with Gasteiger partial charge in [0.05, 0.1) is 23.6 Å². The average Bonchev–Trinajstić information content (AvgIpc) is 3.54. The van der Waals surface area contributed by atoms with Crippen LogP contribution < -0.4 is 5.73 Å². The highest BCUT2D eigenvalue weighted by atomic mass is 32.1. The van der Waals surface area contributed by atoms with Crippen molar-refractivity contribution in [1.82, 2.24) is 14.8 Å². The number of benzene rings is 1. The van der Waals surface area contributed by atoms with Crippen LogP contribution >= 0.6 is 11.3 Å². The van der Waals surface area contributed by atoms with Crippen LogP contribution in [0, 0.1) is 34.4 Å². The predicted octanol–water partition coefficient (Wildman–Crippen LogP) is 2.45. The van der Waals surface area contributed by atoms with Crippen molar-refractivity contribution in [3.05, 3.63) is 75.5 Å². The van der Waals surface area contributed by atoms with E-state index < -0.39 is 17.3 Å². The van der Waals surface area contributed by atoms with Gasteiger partial charge in [-0.2, -0.15) is 10.5 Å². The van der Waals surface area contributed by atoms with Crippen molar-refractivity contribution in [2.24, 2.45) is 16.6 Å². The van der Waals surface area contributed by atoms with Gasteiger partial charge in [-0.25, -0.2) is 14.4 Å². The molecule has 0 aliphatic carbocycles. The van der Waals surface area contributed by atoms with Crippen LogP contribution in [0.5, 0.6) is 0 Å². The molecule has 2 amide bonds. The monoisotopic (exact) mass is 499 g/mol. The number of halogens is 1. The smallest absolute Gasteiger partial charge is 0.255 e. The maximum atomic E-state index is 14.2. The lowest BCUT2D eigenvalue weighted by atomic mass is 9.83. The van der Waals surface area contributed by atoms with Gasteiger partial charge in [0.25, 0.3) is 5.91 Å². The van der Waals surface area contributed by atoms with Crippen LogP contribution in [0.2, 0.25) is 0 Å². The highest BCUT2D eigenvalue weighted by Gasteiger charge is 2.57. The second-order valence-electron chi connectivity index (χ2n) is 8.58. The Morgan fingerprint density at radius 1 is 1.22 bits per heavy atom. The third-order valence-electron chi connectivity index (χ3n) is 6.56. The molecule has 1 saturated heterocycles. The van der Waals surface area contributed by atoms with Crippen molar-refractivity contribution in [3.63, 3.8) is 0 Å². The van der Waals surface area contributed by atoms with Crippen molar-refractivity contribution in [2.75, 3.05) is 20.1 Å². The molecular weight excluding hydrogens is 481 g/mol. The zero-order valence-electron chi connectivity index (χ0n) is 19.0. The fraction of sp³-hybridized carbons (Fsp3) is 0.200. The number of amides is 2. The highest BCUT2D eigenvalue weighted by molar-refractivity contribution is 7.10. The minimum absolute atomic E-state index is 0.0463. The van der Waals surface area contributed by atoms with E-state index in [1.807, 2.05) is 17.5 Å². The van der Waals surface area contributed by atoms with E-state index >= 15 is 0 Å². The van der Waals surface area contributed by atoms with Crippen molar-refractivity contribution in [2.45, 2.75) is 5.54 Å². The molecule has 178 valence electrons. The quantitative estimate of drug-likeness (QED) is 0.587. The second-order valence-corrected chi connectivity index (χ2v) is 9.49. The number of aromatic nitrogens is 1. The number of carbonyl (C=O) groups excluding carboxylic acids is 2. The van der Waals surface area contributed by atoms with E-state index in [0.717, 1.165) is 0 Å². The minimum Gasteiger partial charge on any atom is -0.369 e. The van der Waals surface area contributed by atoms with Gasteiger partial charge in [-0.15, -0.1) is 11.3 Å². The van der Waals surface area contributed by atoms with Crippen LogP contribution in [0.4, 0.5) is 4.39 Å². The molecule has 9 nitrogen and oxygen atoms in total. The van der Waals surface area contributed by atoms with Gasteiger partial charge in [-0.3, -0.25) is 14.5 Å². The summed E-state index contributed by atoms with van der Waals surface area (Å²) in [5, 5.41) is 19.8. The summed E-state index contributed by atoms with van der Waals surface area (Å²) < 4.78 is 14.2. The Morgan fingerprint density at radius 3 is 2.69 bits per heavy atom. The van der Waals surface area contributed by atoms with E-state index in [1.165, 1.54) is 46.7 Å². The van der Waals surface area contributed by atoms with E-state index in [9.17, 15) is 14.0 Å². The van der Waals surface area contributed by atoms with Crippen molar-refractivity contribution in [3.8, 4) is 23.3 Å². The molecule has 3 aromatic rings. The van der Waals surface area contributed by atoms with Gasteiger partial charge in [0.15, 0.2) is 5.96 Å². The summed E-state index contributed by atoms with van der Waals surface area (Å²) in [4.78, 5) is 38.8. The largest absolute Gasteiger partial charge is 0.369 e. The summed E-state index contributed by atoms with van der Waals surface area (Å²) in [6, 6.07) is 12.9. The highest BCUT2D eigenvalue weighted by Crippen LogP contribution is 2.47. The molecule has 1 fully saturated rings. The van der Waals surface area contributed by atoms with Crippen molar-refractivity contribution < 1.29 is 14.0 Å². The summed E-state index contributed by atoms with van der Waals surface area (Å²) >= 11 is 1.35. The van der Waals surface area contributed by atoms with Crippen LogP contribution in [0.1, 0.15) is 26.5 Å². The Balaban J connectivity index is 1.54. The summed E-state index contributed by atoms with van der Waals surface area (Å²) in [7, 11) is 1.54. The molecule has 0 radical (unpaired) electrons. The molecule has 2 N–H and O–H groups in total. The summed E-state index contributed by atoms with van der Waals surface area (Å²) in [6.07, 6.45) is 1.34. The van der Waals surface area contributed by atoms with Gasteiger partial charge in [0.1, 0.15) is 29.2 Å². The molecule has 1 aromatic carbocycles. The number of carbonyl (C=O) groups is 2. The van der Waals surface area contributed by atoms with Gasteiger partial charge in [-0.1, -0.05) is 6.07 Å². The minimum atomic E-state index is -1.10. The Hall–Kier alpha value is -4.61. The van der Waals surface area contributed by atoms with Crippen LogP contribution in [0.15, 0.2) is 53.0 Å². The Morgan fingerprint density at radius 2 is 2.03 bits per heavy atom. The first-order chi connectivity index (χ1) is 17.3. The fourth-order valence-electron chi connectivity index (χ4n) is 4.59. The third-order valence-corrected chi connectivity index (χ3v) is 7.66. The van der Waals surface area contributed by atoms with Crippen LogP contribution in [0.3, 0.4) is 0 Å². The Labute approximate surface area is 209 Å². The number of thiophene rings is 1. The number of rotatable bonds is 3. The van der Waals surface area contributed by atoms with E-state index in [-0.39, 0.29) is 42.1 Å². The third kappa shape index (κ3) is 3.58. The number of hydrogen-bond acceptors (Lipinski definition) is 8.